The molecular weight excluding hydrogens is 426 g/mol. The minimum atomic E-state index is -1.50. The monoisotopic (exact) mass is 457 g/mol. The topological polar surface area (TPSA) is 222 Å². The molecular formula is C18H31N7O7. The van der Waals surface area contributed by atoms with Crippen LogP contribution in [-0.2, 0) is 24.0 Å². The zero-order chi connectivity index (χ0) is 24.3. The van der Waals surface area contributed by atoms with Gasteiger partial charge < -0.3 is 31.5 Å². The van der Waals surface area contributed by atoms with Crippen molar-refractivity contribution < 1.29 is 34.2 Å². The number of nitrogens with one attached hydrogen (secondary N) is 6. The number of carbonyl (C=O) groups is 5. The van der Waals surface area contributed by atoms with Gasteiger partial charge in [-0.1, -0.05) is 13.8 Å². The molecule has 4 atom stereocenters. The van der Waals surface area contributed by atoms with E-state index < -0.39 is 66.7 Å². The normalized spacial score (nSPS) is 19.6. The molecule has 8 N–H and O–H groups in total. The van der Waals surface area contributed by atoms with Crippen molar-refractivity contribution in [3.8, 4) is 0 Å². The highest BCUT2D eigenvalue weighted by atomic mass is 16.4. The number of carbonyl (C=O) groups excluding carboxylic acids is 3. The van der Waals surface area contributed by atoms with Crippen molar-refractivity contribution in [2.45, 2.75) is 44.8 Å². The first-order valence-electron chi connectivity index (χ1n) is 10.1. The molecule has 32 heavy (non-hydrogen) atoms. The number of hydrogen-bond donors (Lipinski definition) is 8. The van der Waals surface area contributed by atoms with E-state index in [4.69, 9.17) is 10.6 Å². The Balaban J connectivity index is 2.56. The summed E-state index contributed by atoms with van der Waals surface area (Å²) in [4.78, 5) is 59.1. The van der Waals surface area contributed by atoms with Gasteiger partial charge in [0.1, 0.15) is 18.8 Å². The summed E-state index contributed by atoms with van der Waals surface area (Å²) in [6.07, 6.45) is -0.228. The van der Waals surface area contributed by atoms with Crippen molar-refractivity contribution in [1.82, 2.24) is 26.6 Å². The fourth-order valence-corrected chi connectivity index (χ4v) is 3.18. The fourth-order valence-electron chi connectivity index (χ4n) is 3.18. The number of aliphatic carboxylic acids is 2. The highest BCUT2D eigenvalue weighted by Gasteiger charge is 2.31. The lowest BCUT2D eigenvalue weighted by atomic mass is 10.0. The van der Waals surface area contributed by atoms with Crippen LogP contribution in [0, 0.1) is 17.4 Å². The second-order valence-electron chi connectivity index (χ2n) is 7.84. The lowest BCUT2D eigenvalue weighted by molar-refractivity contribution is -0.144. The molecule has 3 amide bonds. The molecule has 14 nitrogen and oxygen atoms in total. The summed E-state index contributed by atoms with van der Waals surface area (Å²) < 4.78 is 0. The molecule has 180 valence electrons. The van der Waals surface area contributed by atoms with E-state index in [1.807, 2.05) is 0 Å². The van der Waals surface area contributed by atoms with E-state index in [2.05, 4.69) is 31.7 Å². The van der Waals surface area contributed by atoms with Crippen molar-refractivity contribution in [2.75, 3.05) is 26.3 Å². The van der Waals surface area contributed by atoms with Crippen LogP contribution < -0.4 is 26.6 Å². The molecule has 0 aromatic rings. The highest BCUT2D eigenvalue weighted by Crippen LogP contribution is 2.13. The summed E-state index contributed by atoms with van der Waals surface area (Å²) in [5.41, 5.74) is 6.72. The fraction of sp³-hybridized carbons (Fsp3) is 0.722. The zero-order valence-corrected chi connectivity index (χ0v) is 18.0. The molecule has 1 saturated heterocycles. The number of amides is 3. The van der Waals surface area contributed by atoms with E-state index >= 15 is 0 Å². The quantitative estimate of drug-likeness (QED) is 0.105. The molecule has 0 aromatic heterocycles. The molecule has 0 aromatic carbocycles. The largest absolute Gasteiger partial charge is 0.481 e. The summed E-state index contributed by atoms with van der Waals surface area (Å²) in [6.45, 7) is 4.02. The van der Waals surface area contributed by atoms with Gasteiger partial charge in [0.15, 0.2) is 0 Å². The van der Waals surface area contributed by atoms with E-state index in [9.17, 15) is 29.1 Å². The molecule has 0 spiro atoms. The van der Waals surface area contributed by atoms with Gasteiger partial charge in [-0.25, -0.2) is 10.3 Å². The van der Waals surface area contributed by atoms with Gasteiger partial charge in [-0.2, -0.15) is 5.11 Å². The number of carboxylic acid groups (broad SMARTS) is 2. The van der Waals surface area contributed by atoms with E-state index in [1.165, 1.54) is 0 Å². The second-order valence-corrected chi connectivity index (χ2v) is 7.84. The maximum Gasteiger partial charge on any atom is 0.326 e. The van der Waals surface area contributed by atoms with E-state index in [-0.39, 0.29) is 12.6 Å². The molecule has 0 bridgehead atoms. The van der Waals surface area contributed by atoms with Crippen LogP contribution in [-0.4, -0.2) is 84.3 Å². The first-order valence-corrected chi connectivity index (χ1v) is 10.1. The Hall–Kier alpha value is -3.13. The number of hydrogen-bond acceptors (Lipinski definition) is 9. The number of rotatable bonds is 14. The maximum absolute atomic E-state index is 12.4. The van der Waals surface area contributed by atoms with Crippen LogP contribution in [0.5, 0.6) is 0 Å². The van der Waals surface area contributed by atoms with Gasteiger partial charge in [-0.15, -0.1) is 0 Å². The molecule has 0 aliphatic carbocycles. The highest BCUT2D eigenvalue weighted by molar-refractivity contribution is 5.94. The number of nitrogens with zero attached hydrogens (tertiary/aromatic N) is 1. The maximum atomic E-state index is 12.4. The van der Waals surface area contributed by atoms with E-state index in [1.54, 1.807) is 13.8 Å². The van der Waals surface area contributed by atoms with Crippen LogP contribution in [0.3, 0.4) is 0 Å². The summed E-state index contributed by atoms with van der Waals surface area (Å²) in [5, 5.41) is 34.2. The number of carboxylic acids is 2. The minimum absolute atomic E-state index is 0.160. The van der Waals surface area contributed by atoms with Crippen molar-refractivity contribution in [3.63, 3.8) is 0 Å². The van der Waals surface area contributed by atoms with Gasteiger partial charge in [0.2, 0.25) is 17.7 Å². The van der Waals surface area contributed by atoms with E-state index in [0.29, 0.717) is 19.5 Å². The minimum Gasteiger partial charge on any atom is -0.481 e. The first kappa shape index (κ1) is 26.9. The van der Waals surface area contributed by atoms with Crippen LogP contribution in [0.2, 0.25) is 0 Å². The summed E-state index contributed by atoms with van der Waals surface area (Å²) in [7, 11) is 0. The average molecular weight is 457 g/mol. The van der Waals surface area contributed by atoms with Gasteiger partial charge in [0.05, 0.1) is 19.0 Å². The Morgan fingerprint density at radius 1 is 1.16 bits per heavy atom. The molecule has 1 heterocycles. The van der Waals surface area contributed by atoms with Crippen LogP contribution >= 0.6 is 0 Å². The smallest absolute Gasteiger partial charge is 0.326 e. The SMILES string of the molecule is CC(C)[C@H](NC(=O)[C@H](CC(=O)O)NC(=O)CNC(=O)[C@H]1C[C@H](CNCN=N)CN1)C(=O)O. The molecule has 1 fully saturated rings. The molecule has 1 aliphatic heterocycles. The second kappa shape index (κ2) is 13.3. The molecule has 1 rings (SSSR count). The van der Waals surface area contributed by atoms with Gasteiger partial charge in [0.25, 0.3) is 0 Å². The molecule has 14 heteroatoms. The lowest BCUT2D eigenvalue weighted by Crippen LogP contribution is -2.55. The van der Waals surface area contributed by atoms with Crippen molar-refractivity contribution in [1.29, 1.82) is 5.53 Å². The Kier molecular flexibility index (Phi) is 11.2. The van der Waals surface area contributed by atoms with Crippen LogP contribution in [0.1, 0.15) is 26.7 Å². The third-order valence-electron chi connectivity index (χ3n) is 4.85. The standard InChI is InChI=1S/C18H31N7O7/c1-9(2)15(18(31)32)25-17(30)12(4-14(27)28)24-13(26)7-22-16(29)11-3-10(6-21-11)5-20-8-23-19/h9-12,15,19-21H,3-8H2,1-2H3,(H,22,29)(H,24,26)(H,25,30)(H,27,28)(H,31,32)/t10-,11-,12+,15+/m1/s1. The Morgan fingerprint density at radius 2 is 1.84 bits per heavy atom. The first-order chi connectivity index (χ1) is 15.0. The van der Waals surface area contributed by atoms with Gasteiger partial charge in [-0.3, -0.25) is 24.5 Å². The predicted octanol–water partition coefficient (Wildman–Crippen LogP) is -2.16. The zero-order valence-electron chi connectivity index (χ0n) is 18.0. The van der Waals surface area contributed by atoms with Crippen molar-refractivity contribution >= 4 is 29.7 Å². The van der Waals surface area contributed by atoms with Gasteiger partial charge in [-0.05, 0) is 24.8 Å². The van der Waals surface area contributed by atoms with Crippen LogP contribution in [0.15, 0.2) is 5.11 Å². The average Bonchev–Trinajstić information content (AvgIpc) is 3.18. The molecule has 0 unspecified atom stereocenters. The third-order valence-corrected chi connectivity index (χ3v) is 4.85. The van der Waals surface area contributed by atoms with Crippen LogP contribution in [0.4, 0.5) is 0 Å². The van der Waals surface area contributed by atoms with Crippen molar-refractivity contribution in [3.05, 3.63) is 0 Å². The van der Waals surface area contributed by atoms with Crippen LogP contribution in [0.25, 0.3) is 0 Å². The molecule has 1 aliphatic rings. The lowest BCUT2D eigenvalue weighted by Gasteiger charge is -2.22. The molecule has 0 radical (unpaired) electrons. The Labute approximate surface area is 184 Å². The molecule has 0 saturated carbocycles. The van der Waals surface area contributed by atoms with Gasteiger partial charge >= 0.3 is 11.9 Å². The van der Waals surface area contributed by atoms with Crippen molar-refractivity contribution in [2.24, 2.45) is 17.0 Å². The third kappa shape index (κ3) is 9.34. The summed E-state index contributed by atoms with van der Waals surface area (Å²) in [5.74, 6) is -5.10. The van der Waals surface area contributed by atoms with E-state index in [0.717, 1.165) is 0 Å². The predicted molar refractivity (Wildman–Crippen MR) is 110 cm³/mol. The Bertz CT molecular complexity index is 716. The summed E-state index contributed by atoms with van der Waals surface area (Å²) in [6, 6.07) is -3.26. The summed E-state index contributed by atoms with van der Waals surface area (Å²) >= 11 is 0. The van der Waals surface area contributed by atoms with Gasteiger partial charge in [0, 0.05) is 6.54 Å². The Morgan fingerprint density at radius 3 is 2.41 bits per heavy atom.